The van der Waals surface area contributed by atoms with Crippen LogP contribution in [0.4, 0.5) is 0 Å². The second-order valence-corrected chi connectivity index (χ2v) is 3.27. The van der Waals surface area contributed by atoms with E-state index < -0.39 is 0 Å². The maximum atomic E-state index is 4.12. The van der Waals surface area contributed by atoms with Crippen LogP contribution in [0.1, 0.15) is 20.8 Å². The van der Waals surface area contributed by atoms with E-state index in [9.17, 15) is 0 Å². The Hall–Kier alpha value is -0.310. The molecule has 3 heteroatoms. The number of hydrogen-bond donors (Lipinski definition) is 0. The third-order valence-electron chi connectivity index (χ3n) is 1.53. The van der Waals surface area contributed by atoms with Gasteiger partial charge in [-0.25, -0.2) is 8.80 Å². The molecule has 0 spiro atoms. The lowest BCUT2D eigenvalue weighted by Gasteiger charge is -2.20. The van der Waals surface area contributed by atoms with Crippen molar-refractivity contribution < 1.29 is 0 Å². The minimum atomic E-state index is 0.0747. The van der Waals surface area contributed by atoms with E-state index in [1.54, 1.807) is 0 Å². The Bertz CT molecular complexity index is 170. The van der Waals surface area contributed by atoms with Crippen molar-refractivity contribution in [1.82, 2.24) is 0 Å². The van der Waals surface area contributed by atoms with Crippen molar-refractivity contribution in [3.8, 4) is 0 Å². The van der Waals surface area contributed by atoms with Crippen LogP contribution >= 0.6 is 12.1 Å². The zero-order chi connectivity index (χ0) is 6.91. The summed E-state index contributed by atoms with van der Waals surface area (Å²) < 4.78 is 8.10. The van der Waals surface area contributed by atoms with E-state index in [1.807, 2.05) is 13.1 Å². The lowest BCUT2D eigenvalue weighted by atomic mass is 9.90. The minimum absolute atomic E-state index is 0.0747. The summed E-state index contributed by atoms with van der Waals surface area (Å²) in [5.74, 6) is 0. The van der Waals surface area contributed by atoms with E-state index in [1.165, 1.54) is 12.1 Å². The molecule has 0 fully saturated rings. The SMILES string of the molecule is CC1=NSN=CC1(C)C. The fourth-order valence-corrected chi connectivity index (χ4v) is 1.17. The van der Waals surface area contributed by atoms with E-state index in [0.717, 1.165) is 5.71 Å². The van der Waals surface area contributed by atoms with Crippen LogP contribution in [0, 0.1) is 5.41 Å². The Kier molecular flexibility index (Phi) is 1.62. The fourth-order valence-electron chi connectivity index (χ4n) is 0.451. The van der Waals surface area contributed by atoms with E-state index >= 15 is 0 Å². The molecule has 0 saturated carbocycles. The molecule has 0 unspecified atom stereocenters. The molecule has 0 atom stereocenters. The molecule has 9 heavy (non-hydrogen) atoms. The van der Waals surface area contributed by atoms with Gasteiger partial charge in [0, 0.05) is 17.3 Å². The van der Waals surface area contributed by atoms with Crippen molar-refractivity contribution in [3.63, 3.8) is 0 Å². The Balaban J connectivity index is 2.83. The molecular formula is C6H10N2S. The van der Waals surface area contributed by atoms with Crippen LogP contribution in [-0.4, -0.2) is 11.9 Å². The molecule has 0 aromatic carbocycles. The first kappa shape index (κ1) is 6.81. The van der Waals surface area contributed by atoms with Gasteiger partial charge in [0.15, 0.2) is 0 Å². The van der Waals surface area contributed by atoms with Gasteiger partial charge in [-0.3, -0.25) is 0 Å². The molecule has 1 aliphatic rings. The van der Waals surface area contributed by atoms with Crippen LogP contribution in [0.5, 0.6) is 0 Å². The molecule has 0 aromatic rings. The van der Waals surface area contributed by atoms with Crippen LogP contribution in [0.2, 0.25) is 0 Å². The monoisotopic (exact) mass is 142 g/mol. The summed E-state index contributed by atoms with van der Waals surface area (Å²) in [6.45, 7) is 6.24. The Morgan fingerprint density at radius 1 is 1.56 bits per heavy atom. The van der Waals surface area contributed by atoms with Gasteiger partial charge in [0.1, 0.15) is 12.1 Å². The molecule has 0 aliphatic carbocycles. The average molecular weight is 142 g/mol. The zero-order valence-electron chi connectivity index (χ0n) is 5.88. The molecule has 0 amide bonds. The highest BCUT2D eigenvalue weighted by Gasteiger charge is 2.21. The molecule has 0 N–H and O–H groups in total. The van der Waals surface area contributed by atoms with E-state index in [2.05, 4.69) is 22.6 Å². The molecule has 0 radical (unpaired) electrons. The van der Waals surface area contributed by atoms with Crippen LogP contribution in [-0.2, 0) is 0 Å². The first-order valence-corrected chi connectivity index (χ1v) is 3.62. The second kappa shape index (κ2) is 2.14. The standard InChI is InChI=1S/C6H10N2S/c1-5-6(2,3)4-7-9-8-5/h4H,1-3H3. The molecular weight excluding hydrogens is 132 g/mol. The van der Waals surface area contributed by atoms with E-state index in [-0.39, 0.29) is 5.41 Å². The summed E-state index contributed by atoms with van der Waals surface area (Å²) in [7, 11) is 0. The highest BCUT2D eigenvalue weighted by molar-refractivity contribution is 7.97. The summed E-state index contributed by atoms with van der Waals surface area (Å²) in [5.41, 5.74) is 1.22. The van der Waals surface area contributed by atoms with Crippen molar-refractivity contribution in [2.75, 3.05) is 0 Å². The predicted octanol–water partition coefficient (Wildman–Crippen LogP) is 2.12. The summed E-state index contributed by atoms with van der Waals surface area (Å²) >= 11 is 1.26. The molecule has 0 aromatic heterocycles. The Morgan fingerprint density at radius 3 is 2.56 bits per heavy atom. The maximum absolute atomic E-state index is 4.12. The van der Waals surface area contributed by atoms with Crippen molar-refractivity contribution in [1.29, 1.82) is 0 Å². The largest absolute Gasteiger partial charge is 0.205 e. The first-order chi connectivity index (χ1) is 4.13. The molecule has 1 heterocycles. The number of nitrogens with zero attached hydrogens (tertiary/aromatic N) is 2. The second-order valence-electron chi connectivity index (χ2n) is 2.71. The Morgan fingerprint density at radius 2 is 2.22 bits per heavy atom. The molecule has 1 rings (SSSR count). The van der Waals surface area contributed by atoms with Gasteiger partial charge in [0.2, 0.25) is 0 Å². The maximum Gasteiger partial charge on any atom is 0.114 e. The highest BCUT2D eigenvalue weighted by atomic mass is 32.2. The van der Waals surface area contributed by atoms with Crippen LogP contribution in [0.25, 0.3) is 0 Å². The average Bonchev–Trinajstić information content (AvgIpc) is 1.77. The highest BCUT2D eigenvalue weighted by Crippen LogP contribution is 2.23. The summed E-state index contributed by atoms with van der Waals surface area (Å²) in [5, 5.41) is 0. The van der Waals surface area contributed by atoms with Crippen molar-refractivity contribution in [2.24, 2.45) is 14.2 Å². The topological polar surface area (TPSA) is 24.7 Å². The number of rotatable bonds is 0. The third kappa shape index (κ3) is 1.33. The lowest BCUT2D eigenvalue weighted by Crippen LogP contribution is -2.24. The van der Waals surface area contributed by atoms with Gasteiger partial charge in [-0.15, -0.1) is 0 Å². The molecule has 50 valence electrons. The minimum Gasteiger partial charge on any atom is -0.205 e. The normalized spacial score (nSPS) is 23.7. The molecule has 2 nitrogen and oxygen atoms in total. The summed E-state index contributed by atoms with van der Waals surface area (Å²) in [6.07, 6.45) is 1.93. The van der Waals surface area contributed by atoms with Gasteiger partial charge in [-0.05, 0) is 20.8 Å². The summed E-state index contributed by atoms with van der Waals surface area (Å²) in [4.78, 5) is 0. The van der Waals surface area contributed by atoms with E-state index in [0.29, 0.717) is 0 Å². The molecule has 0 saturated heterocycles. The van der Waals surface area contributed by atoms with Crippen LogP contribution in [0.15, 0.2) is 8.80 Å². The van der Waals surface area contributed by atoms with Crippen LogP contribution < -0.4 is 0 Å². The molecule has 0 bridgehead atoms. The van der Waals surface area contributed by atoms with Crippen molar-refractivity contribution in [3.05, 3.63) is 0 Å². The molecule has 1 aliphatic heterocycles. The zero-order valence-corrected chi connectivity index (χ0v) is 6.70. The van der Waals surface area contributed by atoms with Crippen molar-refractivity contribution in [2.45, 2.75) is 20.8 Å². The van der Waals surface area contributed by atoms with Gasteiger partial charge < -0.3 is 0 Å². The van der Waals surface area contributed by atoms with Crippen molar-refractivity contribution >= 4 is 24.1 Å². The van der Waals surface area contributed by atoms with E-state index in [4.69, 9.17) is 0 Å². The summed E-state index contributed by atoms with van der Waals surface area (Å²) in [6, 6.07) is 0. The smallest absolute Gasteiger partial charge is 0.114 e. The van der Waals surface area contributed by atoms with Crippen LogP contribution in [0.3, 0.4) is 0 Å². The fraction of sp³-hybridized carbons (Fsp3) is 0.667. The van der Waals surface area contributed by atoms with Gasteiger partial charge in [-0.1, -0.05) is 0 Å². The quantitative estimate of drug-likeness (QED) is 0.475. The third-order valence-corrected chi connectivity index (χ3v) is 2.09. The van der Waals surface area contributed by atoms with Gasteiger partial charge in [0.05, 0.1) is 0 Å². The Labute approximate surface area is 59.7 Å². The van der Waals surface area contributed by atoms with Gasteiger partial charge in [-0.2, -0.15) is 0 Å². The number of hydrogen-bond acceptors (Lipinski definition) is 3. The predicted molar refractivity (Wildman–Crippen MR) is 43.0 cm³/mol. The first-order valence-electron chi connectivity index (χ1n) is 2.89. The van der Waals surface area contributed by atoms with Gasteiger partial charge >= 0.3 is 0 Å². The lowest BCUT2D eigenvalue weighted by molar-refractivity contribution is 0.743. The van der Waals surface area contributed by atoms with Gasteiger partial charge in [0.25, 0.3) is 0 Å².